The van der Waals surface area contributed by atoms with Gasteiger partial charge in [-0.05, 0) is 25.5 Å². The summed E-state index contributed by atoms with van der Waals surface area (Å²) in [5.74, 6) is -2.33. The van der Waals surface area contributed by atoms with E-state index in [-0.39, 0.29) is 11.3 Å². The second kappa shape index (κ2) is 6.91. The van der Waals surface area contributed by atoms with Gasteiger partial charge in [-0.15, -0.1) is 11.8 Å². The Balaban J connectivity index is 1.99. The minimum absolute atomic E-state index is 0.0869. The molecule has 3 N–H and O–H groups in total. The Bertz CT molecular complexity index is 708. The monoisotopic (exact) mass is 351 g/mol. The first-order valence-corrected chi connectivity index (χ1v) is 8.18. The number of carboxylic acids is 1. The fraction of sp³-hybridized carbons (Fsp3) is 0.333. The van der Waals surface area contributed by atoms with Crippen LogP contribution in [0.4, 0.5) is 4.79 Å². The first-order valence-electron chi connectivity index (χ1n) is 7.20. The maximum Gasteiger partial charge on any atom is 0.344 e. The molecule has 1 unspecified atom stereocenters. The van der Waals surface area contributed by atoms with Gasteiger partial charge in [0.15, 0.2) is 0 Å². The summed E-state index contributed by atoms with van der Waals surface area (Å²) in [6.45, 7) is 3.33. The van der Waals surface area contributed by atoms with Crippen LogP contribution in [0, 0.1) is 0 Å². The molecule has 1 fully saturated rings. The summed E-state index contributed by atoms with van der Waals surface area (Å²) < 4.78 is 0. The summed E-state index contributed by atoms with van der Waals surface area (Å²) in [7, 11) is 0. The second-order valence-corrected chi connectivity index (χ2v) is 6.40. The number of benzene rings is 1. The molecule has 1 atom stereocenters. The van der Waals surface area contributed by atoms with E-state index >= 15 is 0 Å². The molecular formula is C15H17N3O5S. The second-order valence-electron chi connectivity index (χ2n) is 5.38. The Labute approximate surface area is 142 Å². The maximum absolute atomic E-state index is 12.2. The first kappa shape index (κ1) is 17.8. The number of carbonyl (C=O) groups excluding carboxylic acids is 3. The van der Waals surface area contributed by atoms with Crippen LogP contribution >= 0.6 is 11.8 Å². The maximum atomic E-state index is 12.2. The summed E-state index contributed by atoms with van der Waals surface area (Å²) in [6.07, 6.45) is 0.394. The Kier molecular flexibility index (Phi) is 5.13. The van der Waals surface area contributed by atoms with E-state index in [1.54, 1.807) is 32.0 Å². The van der Waals surface area contributed by atoms with E-state index in [0.717, 1.165) is 11.8 Å². The van der Waals surface area contributed by atoms with Crippen molar-refractivity contribution < 1.29 is 24.3 Å². The quantitative estimate of drug-likeness (QED) is 0.524. The summed E-state index contributed by atoms with van der Waals surface area (Å²) >= 11 is 1.01. The van der Waals surface area contributed by atoms with Crippen molar-refractivity contribution in [1.29, 1.82) is 0 Å². The van der Waals surface area contributed by atoms with Gasteiger partial charge in [0.05, 0.1) is 11.3 Å². The summed E-state index contributed by atoms with van der Waals surface area (Å²) in [6, 6.07) is 5.59. The van der Waals surface area contributed by atoms with Gasteiger partial charge in [0, 0.05) is 4.90 Å². The molecule has 0 radical (unpaired) electrons. The molecule has 1 aromatic rings. The zero-order valence-electron chi connectivity index (χ0n) is 13.2. The molecule has 8 nitrogen and oxygen atoms in total. The number of hydrogen-bond donors (Lipinski definition) is 3. The van der Waals surface area contributed by atoms with Crippen LogP contribution in [-0.4, -0.2) is 45.2 Å². The number of thioether (sulfide) groups is 1. The Hall–Kier alpha value is -2.55. The normalized spacial score (nSPS) is 20.0. The van der Waals surface area contributed by atoms with Crippen LogP contribution in [0.25, 0.3) is 0 Å². The lowest BCUT2D eigenvalue weighted by molar-refractivity contribution is -0.137. The van der Waals surface area contributed by atoms with Gasteiger partial charge in [0.2, 0.25) is 5.91 Å². The van der Waals surface area contributed by atoms with Crippen molar-refractivity contribution in [2.75, 3.05) is 5.75 Å². The third-order valence-corrected chi connectivity index (χ3v) is 4.75. The predicted octanol–water partition coefficient (Wildman–Crippen LogP) is 1.23. The van der Waals surface area contributed by atoms with Crippen LogP contribution in [0.3, 0.4) is 0 Å². The van der Waals surface area contributed by atoms with Crippen molar-refractivity contribution in [3.8, 4) is 0 Å². The molecule has 0 spiro atoms. The molecule has 1 saturated heterocycles. The van der Waals surface area contributed by atoms with Gasteiger partial charge in [-0.1, -0.05) is 19.1 Å². The van der Waals surface area contributed by atoms with Crippen molar-refractivity contribution in [2.45, 2.75) is 30.7 Å². The Morgan fingerprint density at radius 1 is 1.33 bits per heavy atom. The molecule has 0 bridgehead atoms. The van der Waals surface area contributed by atoms with Gasteiger partial charge >= 0.3 is 12.0 Å². The highest BCUT2D eigenvalue weighted by atomic mass is 32.2. The van der Waals surface area contributed by atoms with Gasteiger partial charge in [0.25, 0.3) is 5.91 Å². The summed E-state index contributed by atoms with van der Waals surface area (Å²) in [5.41, 5.74) is 1.30. The van der Waals surface area contributed by atoms with Crippen LogP contribution in [-0.2, 0) is 9.59 Å². The molecule has 0 saturated carbocycles. The van der Waals surface area contributed by atoms with Crippen LogP contribution in [0.5, 0.6) is 0 Å². The number of hydrazine groups is 1. The van der Waals surface area contributed by atoms with Crippen molar-refractivity contribution in [3.05, 3.63) is 29.8 Å². The van der Waals surface area contributed by atoms with E-state index < -0.39 is 29.4 Å². The van der Waals surface area contributed by atoms with Gasteiger partial charge in [0.1, 0.15) is 5.54 Å². The van der Waals surface area contributed by atoms with E-state index in [0.29, 0.717) is 16.3 Å². The average molecular weight is 351 g/mol. The van der Waals surface area contributed by atoms with Crippen molar-refractivity contribution in [3.63, 3.8) is 0 Å². The largest absolute Gasteiger partial charge is 0.478 e. The predicted molar refractivity (Wildman–Crippen MR) is 86.3 cm³/mol. The topological polar surface area (TPSA) is 116 Å². The lowest BCUT2D eigenvalue weighted by Crippen LogP contribution is -2.49. The molecular weight excluding hydrogens is 334 g/mol. The van der Waals surface area contributed by atoms with Gasteiger partial charge in [-0.2, -0.15) is 5.01 Å². The number of hydrogen-bond acceptors (Lipinski definition) is 5. The minimum Gasteiger partial charge on any atom is -0.478 e. The summed E-state index contributed by atoms with van der Waals surface area (Å²) in [5, 5.41) is 12.3. The number of imide groups is 1. The standard InChI is InChI=1S/C15H17N3O5S/c1-3-15(2)13(22)18(14(23)16-15)17-11(19)8-24-10-7-5-4-6-9(10)12(20)21/h4-7H,3,8H2,1-2H3,(H,16,23)(H,17,19)(H,20,21). The fourth-order valence-corrected chi connectivity index (χ4v) is 2.93. The highest BCUT2D eigenvalue weighted by Crippen LogP contribution is 2.23. The van der Waals surface area contributed by atoms with Crippen LogP contribution < -0.4 is 10.7 Å². The van der Waals surface area contributed by atoms with Crippen molar-refractivity contribution >= 4 is 35.6 Å². The Morgan fingerprint density at radius 2 is 2.00 bits per heavy atom. The molecule has 1 heterocycles. The number of carboxylic acid groups (broad SMARTS) is 1. The number of nitrogens with one attached hydrogen (secondary N) is 2. The highest BCUT2D eigenvalue weighted by Gasteiger charge is 2.47. The third-order valence-electron chi connectivity index (χ3n) is 3.68. The molecule has 9 heteroatoms. The zero-order valence-corrected chi connectivity index (χ0v) is 14.0. The Morgan fingerprint density at radius 3 is 2.58 bits per heavy atom. The smallest absolute Gasteiger partial charge is 0.344 e. The van der Waals surface area contributed by atoms with Crippen molar-refractivity contribution in [2.24, 2.45) is 0 Å². The molecule has 0 aliphatic carbocycles. The zero-order chi connectivity index (χ0) is 17.9. The number of carbonyl (C=O) groups is 4. The number of amides is 4. The third kappa shape index (κ3) is 3.51. The van der Waals surface area contributed by atoms with Crippen molar-refractivity contribution in [1.82, 2.24) is 15.8 Å². The van der Waals surface area contributed by atoms with Crippen LogP contribution in [0.2, 0.25) is 0 Å². The van der Waals surface area contributed by atoms with E-state index in [1.165, 1.54) is 6.07 Å². The number of nitrogens with zero attached hydrogens (tertiary/aromatic N) is 1. The van der Waals surface area contributed by atoms with Gasteiger partial charge in [-0.3, -0.25) is 15.0 Å². The van der Waals surface area contributed by atoms with Crippen LogP contribution in [0.15, 0.2) is 29.2 Å². The number of rotatable bonds is 6. The molecule has 4 amide bonds. The van der Waals surface area contributed by atoms with E-state index in [2.05, 4.69) is 10.7 Å². The molecule has 2 rings (SSSR count). The number of urea groups is 1. The van der Waals surface area contributed by atoms with Gasteiger partial charge < -0.3 is 10.4 Å². The fourth-order valence-electron chi connectivity index (χ4n) is 2.09. The average Bonchev–Trinajstić information content (AvgIpc) is 2.77. The molecule has 1 aliphatic rings. The highest BCUT2D eigenvalue weighted by molar-refractivity contribution is 8.00. The number of aromatic carboxylic acids is 1. The SMILES string of the molecule is CCC1(C)NC(=O)N(NC(=O)CSc2ccccc2C(=O)O)C1=O. The van der Waals surface area contributed by atoms with E-state index in [1.807, 2.05) is 0 Å². The lowest BCUT2D eigenvalue weighted by atomic mass is 10.00. The van der Waals surface area contributed by atoms with E-state index in [4.69, 9.17) is 5.11 Å². The molecule has 0 aromatic heterocycles. The molecule has 1 aromatic carbocycles. The molecule has 24 heavy (non-hydrogen) atoms. The summed E-state index contributed by atoms with van der Waals surface area (Å²) in [4.78, 5) is 47.5. The van der Waals surface area contributed by atoms with Gasteiger partial charge in [-0.25, -0.2) is 9.59 Å². The van der Waals surface area contributed by atoms with E-state index in [9.17, 15) is 19.2 Å². The first-order chi connectivity index (χ1) is 11.3. The molecule has 1 aliphatic heterocycles. The minimum atomic E-state index is -1.09. The molecule has 128 valence electrons. The lowest BCUT2D eigenvalue weighted by Gasteiger charge is -2.19. The van der Waals surface area contributed by atoms with Crippen LogP contribution in [0.1, 0.15) is 30.6 Å².